The third-order valence-corrected chi connectivity index (χ3v) is 4.25. The third kappa shape index (κ3) is 3.49. The fourth-order valence-corrected chi connectivity index (χ4v) is 3.52. The highest BCUT2D eigenvalue weighted by Crippen LogP contribution is 2.37. The standard InChI is InChI=1S/C15H23NO5/c1-3-20-14(9-17)16-11-5-10(15(19)21-4-2)6-12(16)8-13(18)7-11/h9-12,14H,3-8H2,1-2H3. The summed E-state index contributed by atoms with van der Waals surface area (Å²) < 4.78 is 10.6. The maximum atomic E-state index is 12.0. The van der Waals surface area contributed by atoms with Crippen molar-refractivity contribution in [3.63, 3.8) is 0 Å². The minimum atomic E-state index is -0.624. The molecule has 0 aromatic heterocycles. The van der Waals surface area contributed by atoms with Crippen LogP contribution in [0.25, 0.3) is 0 Å². The van der Waals surface area contributed by atoms with Crippen LogP contribution in [0.5, 0.6) is 0 Å². The Bertz CT molecular complexity index is 393. The molecule has 6 heteroatoms. The fraction of sp³-hybridized carbons (Fsp3) is 0.800. The van der Waals surface area contributed by atoms with Gasteiger partial charge in [0.05, 0.1) is 12.5 Å². The summed E-state index contributed by atoms with van der Waals surface area (Å²) in [5, 5.41) is 0. The maximum Gasteiger partial charge on any atom is 0.309 e. The molecule has 0 spiro atoms. The van der Waals surface area contributed by atoms with E-state index in [1.807, 2.05) is 11.8 Å². The fourth-order valence-electron chi connectivity index (χ4n) is 3.52. The molecule has 2 fully saturated rings. The van der Waals surface area contributed by atoms with Crippen LogP contribution in [0.2, 0.25) is 0 Å². The highest BCUT2D eigenvalue weighted by atomic mass is 16.5. The third-order valence-electron chi connectivity index (χ3n) is 4.25. The monoisotopic (exact) mass is 297 g/mol. The van der Waals surface area contributed by atoms with Gasteiger partial charge in [-0.2, -0.15) is 0 Å². The number of esters is 1. The van der Waals surface area contributed by atoms with E-state index in [0.717, 1.165) is 6.29 Å². The summed E-state index contributed by atoms with van der Waals surface area (Å²) in [4.78, 5) is 37.0. The highest BCUT2D eigenvalue weighted by Gasteiger charge is 2.46. The number of fused-ring (bicyclic) bond motifs is 2. The van der Waals surface area contributed by atoms with Crippen LogP contribution in [0, 0.1) is 5.92 Å². The lowest BCUT2D eigenvalue weighted by molar-refractivity contribution is -0.167. The number of ether oxygens (including phenoxy) is 2. The quantitative estimate of drug-likeness (QED) is 0.536. The lowest BCUT2D eigenvalue weighted by Crippen LogP contribution is -2.60. The molecule has 0 aromatic rings. The zero-order chi connectivity index (χ0) is 15.4. The van der Waals surface area contributed by atoms with Gasteiger partial charge in [0.2, 0.25) is 0 Å². The Labute approximate surface area is 124 Å². The molecule has 6 nitrogen and oxygen atoms in total. The summed E-state index contributed by atoms with van der Waals surface area (Å²) in [6, 6.07) is -0.220. The number of rotatable bonds is 6. The topological polar surface area (TPSA) is 72.9 Å². The van der Waals surface area contributed by atoms with Gasteiger partial charge in [-0.3, -0.25) is 19.3 Å². The predicted molar refractivity (Wildman–Crippen MR) is 74.5 cm³/mol. The largest absolute Gasteiger partial charge is 0.466 e. The first-order valence-electron chi connectivity index (χ1n) is 7.63. The van der Waals surface area contributed by atoms with E-state index in [1.165, 1.54) is 0 Å². The number of piperidine rings is 2. The van der Waals surface area contributed by atoms with Gasteiger partial charge in [-0.05, 0) is 26.7 Å². The predicted octanol–water partition coefficient (Wildman–Crippen LogP) is 0.923. The Morgan fingerprint density at radius 3 is 2.38 bits per heavy atom. The van der Waals surface area contributed by atoms with E-state index in [0.29, 0.717) is 38.9 Å². The zero-order valence-electron chi connectivity index (χ0n) is 12.6. The molecule has 2 aliphatic rings. The summed E-state index contributed by atoms with van der Waals surface area (Å²) in [7, 11) is 0. The van der Waals surface area contributed by atoms with E-state index < -0.39 is 6.23 Å². The Morgan fingerprint density at radius 1 is 1.29 bits per heavy atom. The highest BCUT2D eigenvalue weighted by molar-refractivity contribution is 5.82. The molecule has 118 valence electrons. The molecule has 0 aliphatic carbocycles. The number of Topliss-reactive ketones (excluding diaryl/α,β-unsaturated/α-hetero) is 1. The van der Waals surface area contributed by atoms with Gasteiger partial charge in [0.15, 0.2) is 12.5 Å². The van der Waals surface area contributed by atoms with Crippen molar-refractivity contribution in [1.29, 1.82) is 0 Å². The second kappa shape index (κ2) is 7.13. The first-order valence-corrected chi connectivity index (χ1v) is 7.63. The number of aldehydes is 1. The van der Waals surface area contributed by atoms with Gasteiger partial charge >= 0.3 is 5.97 Å². The van der Waals surface area contributed by atoms with Crippen LogP contribution in [0.4, 0.5) is 0 Å². The van der Waals surface area contributed by atoms with Crippen molar-refractivity contribution in [2.24, 2.45) is 5.92 Å². The first-order chi connectivity index (χ1) is 10.1. The van der Waals surface area contributed by atoms with Gasteiger partial charge in [0.25, 0.3) is 0 Å². The maximum absolute atomic E-state index is 12.0. The van der Waals surface area contributed by atoms with Crippen LogP contribution < -0.4 is 0 Å². The Morgan fingerprint density at radius 2 is 1.90 bits per heavy atom. The molecule has 2 aliphatic heterocycles. The Balaban J connectivity index is 2.14. The van der Waals surface area contributed by atoms with E-state index in [-0.39, 0.29) is 29.8 Å². The summed E-state index contributed by atoms with van der Waals surface area (Å²) in [6.45, 7) is 4.43. The van der Waals surface area contributed by atoms with Gasteiger partial charge in [0.1, 0.15) is 5.78 Å². The van der Waals surface area contributed by atoms with Crippen molar-refractivity contribution < 1.29 is 23.9 Å². The van der Waals surface area contributed by atoms with Crippen LogP contribution in [0.1, 0.15) is 39.5 Å². The minimum Gasteiger partial charge on any atom is -0.466 e. The second-order valence-electron chi connectivity index (χ2n) is 5.60. The molecular formula is C15H23NO5. The van der Waals surface area contributed by atoms with Gasteiger partial charge in [-0.15, -0.1) is 0 Å². The molecular weight excluding hydrogens is 274 g/mol. The molecule has 3 unspecified atom stereocenters. The molecule has 0 aromatic carbocycles. The Kier molecular flexibility index (Phi) is 5.47. The number of hydrogen-bond acceptors (Lipinski definition) is 6. The number of hydrogen-bond donors (Lipinski definition) is 0. The summed E-state index contributed by atoms with van der Waals surface area (Å²) in [6.07, 6.45) is 2.02. The normalized spacial score (nSPS) is 30.8. The minimum absolute atomic E-state index is 0.110. The average Bonchev–Trinajstić information content (AvgIpc) is 2.44. The lowest BCUT2D eigenvalue weighted by Gasteiger charge is -2.49. The molecule has 0 amide bonds. The number of carbonyl (C=O) groups excluding carboxylic acids is 3. The van der Waals surface area contributed by atoms with Crippen LogP contribution in [-0.2, 0) is 23.9 Å². The summed E-state index contributed by atoms with van der Waals surface area (Å²) >= 11 is 0. The molecule has 0 N–H and O–H groups in total. The first kappa shape index (κ1) is 16.1. The van der Waals surface area contributed by atoms with Crippen molar-refractivity contribution in [3.05, 3.63) is 0 Å². The van der Waals surface area contributed by atoms with Crippen molar-refractivity contribution in [3.8, 4) is 0 Å². The molecule has 2 heterocycles. The van der Waals surface area contributed by atoms with Crippen molar-refractivity contribution in [1.82, 2.24) is 4.90 Å². The van der Waals surface area contributed by atoms with Crippen LogP contribution in [-0.4, -0.2) is 54.5 Å². The number of nitrogens with zero attached hydrogens (tertiary/aromatic N) is 1. The zero-order valence-corrected chi connectivity index (χ0v) is 12.6. The number of ketones is 1. The van der Waals surface area contributed by atoms with E-state index in [9.17, 15) is 14.4 Å². The second-order valence-corrected chi connectivity index (χ2v) is 5.60. The number of carbonyl (C=O) groups is 3. The smallest absolute Gasteiger partial charge is 0.309 e. The summed E-state index contributed by atoms with van der Waals surface area (Å²) in [5.74, 6) is -0.177. The van der Waals surface area contributed by atoms with Crippen LogP contribution in [0.3, 0.4) is 0 Å². The van der Waals surface area contributed by atoms with Gasteiger partial charge in [0, 0.05) is 31.5 Å². The van der Waals surface area contributed by atoms with E-state index >= 15 is 0 Å². The van der Waals surface area contributed by atoms with E-state index in [2.05, 4.69) is 0 Å². The van der Waals surface area contributed by atoms with E-state index in [4.69, 9.17) is 9.47 Å². The molecule has 21 heavy (non-hydrogen) atoms. The average molecular weight is 297 g/mol. The van der Waals surface area contributed by atoms with E-state index in [1.54, 1.807) is 6.92 Å². The molecule has 0 saturated carbocycles. The molecule has 3 atom stereocenters. The van der Waals surface area contributed by atoms with Gasteiger partial charge < -0.3 is 9.47 Å². The molecule has 2 rings (SSSR count). The Hall–Kier alpha value is -1.27. The van der Waals surface area contributed by atoms with Crippen LogP contribution >= 0.6 is 0 Å². The van der Waals surface area contributed by atoms with Crippen molar-refractivity contribution >= 4 is 18.0 Å². The molecule has 2 saturated heterocycles. The van der Waals surface area contributed by atoms with Gasteiger partial charge in [-0.1, -0.05) is 0 Å². The molecule has 2 bridgehead atoms. The molecule has 0 radical (unpaired) electrons. The van der Waals surface area contributed by atoms with Crippen molar-refractivity contribution in [2.75, 3.05) is 13.2 Å². The van der Waals surface area contributed by atoms with Crippen molar-refractivity contribution in [2.45, 2.75) is 57.8 Å². The van der Waals surface area contributed by atoms with Gasteiger partial charge in [-0.25, -0.2) is 0 Å². The lowest BCUT2D eigenvalue weighted by atomic mass is 9.77. The summed E-state index contributed by atoms with van der Waals surface area (Å²) in [5.41, 5.74) is 0. The SMILES string of the molecule is CCOC(=O)C1CC2CC(=O)CC(C1)N2C(C=O)OCC. The van der Waals surface area contributed by atoms with Crippen LogP contribution in [0.15, 0.2) is 0 Å².